The predicted molar refractivity (Wildman–Crippen MR) is 144 cm³/mol. The summed E-state index contributed by atoms with van der Waals surface area (Å²) >= 11 is 0. The van der Waals surface area contributed by atoms with E-state index in [4.69, 9.17) is 5.73 Å². The number of benzene rings is 3. The number of aromatic amines is 2. The van der Waals surface area contributed by atoms with Crippen LogP contribution in [0.3, 0.4) is 0 Å². The van der Waals surface area contributed by atoms with Crippen LogP contribution in [-0.4, -0.2) is 46.6 Å². The minimum atomic E-state index is -0.806. The molecule has 196 valence electrons. The maximum Gasteiger partial charge on any atom is 0.323 e. The van der Waals surface area contributed by atoms with Gasteiger partial charge in [0.15, 0.2) is 11.6 Å². The van der Waals surface area contributed by atoms with E-state index < -0.39 is 17.6 Å². The van der Waals surface area contributed by atoms with Crippen molar-refractivity contribution in [2.45, 2.75) is 0 Å². The molecule has 6 aromatic rings. The fraction of sp³-hybridized carbons (Fsp3) is 0. The van der Waals surface area contributed by atoms with Gasteiger partial charge >= 0.3 is 5.69 Å². The highest BCUT2D eigenvalue weighted by Gasteiger charge is 2.21. The molecule has 0 fully saturated rings. The van der Waals surface area contributed by atoms with Crippen molar-refractivity contribution >= 4 is 50.8 Å². The standard InChI is InChI=1S/C26H18N10O4/c27-22(38)17-12-30-36(25-28-8-3-9-29-25)23(17)35-34-20-15-5-2-1-4-13(15)10-16(21(20)37)24(39)31-14-6-7-18-19(11-14)33-26(40)32-18/h1-12,37H,(H2,27,38)(H,31,39)(H2,32,33,40). The van der Waals surface area contributed by atoms with E-state index in [-0.39, 0.29) is 34.3 Å². The van der Waals surface area contributed by atoms with Gasteiger partial charge in [0.25, 0.3) is 17.8 Å². The average Bonchev–Trinajstić information content (AvgIpc) is 3.55. The number of imidazole rings is 1. The molecule has 0 aliphatic heterocycles. The molecular weight excluding hydrogens is 516 g/mol. The SMILES string of the molecule is NC(=O)c1cnn(-c2ncccn2)c1N=Nc1c(O)c(C(=O)Nc2ccc3[nH]c(=O)[nH]c3c2)cc2ccccc12. The molecular formula is C26H18N10O4. The first-order valence-corrected chi connectivity index (χ1v) is 11.7. The van der Waals surface area contributed by atoms with E-state index in [2.05, 4.69) is 40.6 Å². The third-order valence-electron chi connectivity index (χ3n) is 6.01. The molecule has 6 rings (SSSR count). The molecule has 3 aromatic heterocycles. The summed E-state index contributed by atoms with van der Waals surface area (Å²) in [5.41, 5.74) is 6.46. The normalized spacial score (nSPS) is 11.4. The van der Waals surface area contributed by atoms with Crippen molar-refractivity contribution in [2.24, 2.45) is 16.0 Å². The third-order valence-corrected chi connectivity index (χ3v) is 6.01. The van der Waals surface area contributed by atoms with E-state index in [0.29, 0.717) is 27.5 Å². The number of H-pyrrole nitrogens is 2. The Morgan fingerprint density at radius 3 is 2.52 bits per heavy atom. The number of nitrogens with one attached hydrogen (secondary N) is 3. The molecule has 0 unspecified atom stereocenters. The number of nitrogens with two attached hydrogens (primary N) is 1. The number of nitrogens with zero attached hydrogens (tertiary/aromatic N) is 6. The topological polar surface area (TPSA) is 209 Å². The molecule has 0 spiro atoms. The molecule has 0 aliphatic rings. The molecule has 40 heavy (non-hydrogen) atoms. The van der Waals surface area contributed by atoms with Gasteiger partial charge in [0.1, 0.15) is 11.3 Å². The summed E-state index contributed by atoms with van der Waals surface area (Å²) in [5, 5.41) is 27.5. The molecule has 3 heterocycles. The highest BCUT2D eigenvalue weighted by Crippen LogP contribution is 2.40. The van der Waals surface area contributed by atoms with Crippen molar-refractivity contribution in [3.8, 4) is 11.7 Å². The Morgan fingerprint density at radius 2 is 1.73 bits per heavy atom. The van der Waals surface area contributed by atoms with Crippen LogP contribution in [0.1, 0.15) is 20.7 Å². The molecule has 6 N–H and O–H groups in total. The number of phenols is 1. The average molecular weight is 534 g/mol. The first kappa shape index (κ1) is 24.2. The van der Waals surface area contributed by atoms with Gasteiger partial charge in [0.2, 0.25) is 0 Å². The Kier molecular flexibility index (Phi) is 5.80. The molecule has 0 bridgehead atoms. The van der Waals surface area contributed by atoms with Gasteiger partial charge in [-0.15, -0.1) is 10.2 Å². The van der Waals surface area contributed by atoms with E-state index in [1.807, 2.05) is 0 Å². The van der Waals surface area contributed by atoms with Crippen molar-refractivity contribution in [3.63, 3.8) is 0 Å². The zero-order chi connectivity index (χ0) is 27.8. The molecule has 14 nitrogen and oxygen atoms in total. The van der Waals surface area contributed by atoms with Crippen molar-refractivity contribution in [1.29, 1.82) is 0 Å². The van der Waals surface area contributed by atoms with Gasteiger partial charge < -0.3 is 26.1 Å². The number of aromatic nitrogens is 6. The van der Waals surface area contributed by atoms with Gasteiger partial charge in [-0.1, -0.05) is 24.3 Å². The summed E-state index contributed by atoms with van der Waals surface area (Å²) < 4.78 is 1.18. The van der Waals surface area contributed by atoms with E-state index in [1.165, 1.54) is 29.3 Å². The summed E-state index contributed by atoms with van der Waals surface area (Å²) in [7, 11) is 0. The molecule has 0 radical (unpaired) electrons. The number of amides is 2. The fourth-order valence-corrected chi connectivity index (χ4v) is 4.16. The molecule has 0 saturated heterocycles. The first-order chi connectivity index (χ1) is 19.4. The summed E-state index contributed by atoms with van der Waals surface area (Å²) in [6, 6.07) is 14.9. The number of anilines is 1. The van der Waals surface area contributed by atoms with E-state index >= 15 is 0 Å². The number of azo groups is 1. The maximum atomic E-state index is 13.3. The highest BCUT2D eigenvalue weighted by atomic mass is 16.3. The summed E-state index contributed by atoms with van der Waals surface area (Å²) in [6.45, 7) is 0. The van der Waals surface area contributed by atoms with Crippen LogP contribution >= 0.6 is 0 Å². The van der Waals surface area contributed by atoms with Crippen molar-refractivity contribution in [3.05, 3.63) is 94.8 Å². The molecule has 14 heteroatoms. The van der Waals surface area contributed by atoms with Crippen LogP contribution in [0.2, 0.25) is 0 Å². The monoisotopic (exact) mass is 534 g/mol. The van der Waals surface area contributed by atoms with Gasteiger partial charge in [0, 0.05) is 23.5 Å². The third kappa shape index (κ3) is 4.30. The smallest absolute Gasteiger partial charge is 0.323 e. The zero-order valence-corrected chi connectivity index (χ0v) is 20.4. The molecule has 0 aliphatic carbocycles. The van der Waals surface area contributed by atoms with E-state index in [0.717, 1.165) is 0 Å². The second-order valence-corrected chi connectivity index (χ2v) is 8.54. The van der Waals surface area contributed by atoms with E-state index in [1.54, 1.807) is 48.5 Å². The number of hydrogen-bond donors (Lipinski definition) is 5. The molecule has 2 amide bonds. The van der Waals surface area contributed by atoms with Crippen LogP contribution in [-0.2, 0) is 0 Å². The summed E-state index contributed by atoms with van der Waals surface area (Å²) in [6.07, 6.45) is 4.19. The number of fused-ring (bicyclic) bond motifs is 2. The Hall–Kier alpha value is -6.18. The lowest BCUT2D eigenvalue weighted by Crippen LogP contribution is -2.12. The quantitative estimate of drug-likeness (QED) is 0.201. The van der Waals surface area contributed by atoms with E-state index in [9.17, 15) is 19.5 Å². The van der Waals surface area contributed by atoms with Crippen molar-refractivity contribution < 1.29 is 14.7 Å². The largest absolute Gasteiger partial charge is 0.505 e. The first-order valence-electron chi connectivity index (χ1n) is 11.7. The lowest BCUT2D eigenvalue weighted by molar-refractivity contribution is 0.0997. The maximum absolute atomic E-state index is 13.3. The van der Waals surface area contributed by atoms with Gasteiger partial charge in [-0.3, -0.25) is 9.59 Å². The van der Waals surface area contributed by atoms with Crippen LogP contribution in [0.25, 0.3) is 27.8 Å². The number of rotatable bonds is 6. The Labute approximate surface area is 223 Å². The van der Waals surface area contributed by atoms with Crippen molar-refractivity contribution in [2.75, 3.05) is 5.32 Å². The summed E-state index contributed by atoms with van der Waals surface area (Å²) in [5.74, 6) is -1.83. The second kappa shape index (κ2) is 9.60. The zero-order valence-electron chi connectivity index (χ0n) is 20.4. The predicted octanol–water partition coefficient (Wildman–Crippen LogP) is 3.46. The van der Waals surface area contributed by atoms with Gasteiger partial charge in [-0.2, -0.15) is 9.78 Å². The number of carbonyl (C=O) groups is 2. The van der Waals surface area contributed by atoms with Crippen LogP contribution in [0.5, 0.6) is 5.75 Å². The minimum Gasteiger partial charge on any atom is -0.505 e. The fourth-order valence-electron chi connectivity index (χ4n) is 4.16. The molecule has 0 saturated carbocycles. The van der Waals surface area contributed by atoms with Crippen LogP contribution in [0.4, 0.5) is 17.2 Å². The second-order valence-electron chi connectivity index (χ2n) is 8.54. The molecule has 3 aromatic carbocycles. The van der Waals surface area contributed by atoms with Gasteiger partial charge in [-0.05, 0) is 35.7 Å². The molecule has 0 atom stereocenters. The number of hydrogen-bond acceptors (Lipinski definition) is 9. The Morgan fingerprint density at radius 1 is 0.950 bits per heavy atom. The van der Waals surface area contributed by atoms with Crippen LogP contribution in [0.15, 0.2) is 88.2 Å². The highest BCUT2D eigenvalue weighted by molar-refractivity contribution is 6.12. The number of phenolic OH excluding ortho intramolecular Hbond substituents is 1. The van der Waals surface area contributed by atoms with Gasteiger partial charge in [0.05, 0.1) is 22.8 Å². The Balaban J connectivity index is 1.43. The summed E-state index contributed by atoms with van der Waals surface area (Å²) in [4.78, 5) is 50.4. The van der Waals surface area contributed by atoms with Gasteiger partial charge in [-0.25, -0.2) is 14.8 Å². The lowest BCUT2D eigenvalue weighted by Gasteiger charge is -2.11. The Bertz CT molecular complexity index is 2020. The number of primary amides is 1. The van der Waals surface area contributed by atoms with Crippen molar-refractivity contribution in [1.82, 2.24) is 29.7 Å². The van der Waals surface area contributed by atoms with Crippen LogP contribution in [0, 0.1) is 0 Å². The minimum absolute atomic E-state index is 0.0224. The lowest BCUT2D eigenvalue weighted by atomic mass is 10.0. The van der Waals surface area contributed by atoms with Crippen LogP contribution < -0.4 is 16.7 Å². The number of aromatic hydroxyl groups is 1. The number of carbonyl (C=O) groups excluding carboxylic acids is 2.